The summed E-state index contributed by atoms with van der Waals surface area (Å²) in [6.07, 6.45) is 9.85. The quantitative estimate of drug-likeness (QED) is 0.437. The molecule has 3 aliphatic heterocycles. The van der Waals surface area contributed by atoms with Crippen LogP contribution in [0.25, 0.3) is 0 Å². The average Bonchev–Trinajstić information content (AvgIpc) is 3.00. The topological polar surface area (TPSA) is 99.0 Å². The first kappa shape index (κ1) is 29.0. The van der Waals surface area contributed by atoms with Crippen LogP contribution >= 0.6 is 11.6 Å². The van der Waals surface area contributed by atoms with E-state index in [-0.39, 0.29) is 24.8 Å². The Kier molecular flexibility index (Phi) is 8.46. The van der Waals surface area contributed by atoms with Crippen molar-refractivity contribution in [3.63, 3.8) is 0 Å². The van der Waals surface area contributed by atoms with Crippen LogP contribution in [0.2, 0.25) is 5.02 Å². The summed E-state index contributed by atoms with van der Waals surface area (Å²) in [6.45, 7) is 5.35. The largest absolute Gasteiger partial charge is 0.399 e. The highest BCUT2D eigenvalue weighted by molar-refractivity contribution is 6.34. The van der Waals surface area contributed by atoms with Gasteiger partial charge in [0.1, 0.15) is 0 Å². The van der Waals surface area contributed by atoms with Gasteiger partial charge in [-0.05, 0) is 118 Å². The van der Waals surface area contributed by atoms with Crippen LogP contribution in [0.3, 0.4) is 0 Å². The Morgan fingerprint density at radius 2 is 1.60 bits per heavy atom. The van der Waals surface area contributed by atoms with E-state index in [0.29, 0.717) is 27.6 Å². The number of carbonyl (C=O) groups is 3. The number of anilines is 2. The standard InChI is InChI=1S/C33H42ClN5O3/c34-28-6-3-26(21-29(28)39-18-11-30(40)36-32(39)42)31(41)38-19-14-33(15-20-38)12-7-23(8-13-33)22-37-16-9-25(10-17-37)24-1-4-27(35)5-2-24/h1-6,21,23,25H,7-20,22,35H2,(H,36,40,42). The number of nitrogens with two attached hydrogens (primary N) is 1. The van der Waals surface area contributed by atoms with Gasteiger partial charge in [-0.2, -0.15) is 0 Å². The molecule has 8 nitrogen and oxygen atoms in total. The lowest BCUT2D eigenvalue weighted by molar-refractivity contribution is -0.120. The fourth-order valence-electron chi connectivity index (χ4n) is 7.57. The second-order valence-corrected chi connectivity index (χ2v) is 13.3. The molecule has 4 fully saturated rings. The summed E-state index contributed by atoms with van der Waals surface area (Å²) in [7, 11) is 0. The zero-order valence-corrected chi connectivity index (χ0v) is 25.1. The zero-order chi connectivity index (χ0) is 29.3. The van der Waals surface area contributed by atoms with E-state index < -0.39 is 6.03 Å². The molecular formula is C33H42ClN5O3. The lowest BCUT2D eigenvalue weighted by Gasteiger charge is -2.47. The summed E-state index contributed by atoms with van der Waals surface area (Å²) in [5.41, 5.74) is 9.49. The van der Waals surface area contributed by atoms with Gasteiger partial charge in [-0.3, -0.25) is 19.8 Å². The number of halogens is 1. The minimum absolute atomic E-state index is 0.0210. The molecule has 6 rings (SSSR count). The highest BCUT2D eigenvalue weighted by atomic mass is 35.5. The van der Waals surface area contributed by atoms with Gasteiger partial charge < -0.3 is 15.5 Å². The maximum atomic E-state index is 13.5. The second-order valence-electron chi connectivity index (χ2n) is 12.9. The van der Waals surface area contributed by atoms with Crippen LogP contribution in [0.5, 0.6) is 0 Å². The molecule has 0 aromatic heterocycles. The molecular weight excluding hydrogens is 550 g/mol. The molecule has 3 heterocycles. The molecule has 3 N–H and O–H groups in total. The van der Waals surface area contributed by atoms with E-state index >= 15 is 0 Å². The summed E-state index contributed by atoms with van der Waals surface area (Å²) in [5, 5.41) is 2.71. The summed E-state index contributed by atoms with van der Waals surface area (Å²) in [6, 6.07) is 13.0. The summed E-state index contributed by atoms with van der Waals surface area (Å²) in [4.78, 5) is 43.4. The Hall–Kier alpha value is -3.10. The predicted octanol–water partition coefficient (Wildman–Crippen LogP) is 5.66. The zero-order valence-electron chi connectivity index (χ0n) is 24.3. The van der Waals surface area contributed by atoms with Crippen molar-refractivity contribution in [3.8, 4) is 0 Å². The van der Waals surface area contributed by atoms with Gasteiger partial charge in [-0.25, -0.2) is 4.79 Å². The van der Waals surface area contributed by atoms with Gasteiger partial charge in [-0.1, -0.05) is 23.7 Å². The first-order chi connectivity index (χ1) is 20.3. The lowest BCUT2D eigenvalue weighted by Crippen LogP contribution is -2.49. The van der Waals surface area contributed by atoms with Gasteiger partial charge in [-0.15, -0.1) is 0 Å². The lowest BCUT2D eigenvalue weighted by atomic mass is 9.65. The van der Waals surface area contributed by atoms with Crippen molar-refractivity contribution in [3.05, 3.63) is 58.6 Å². The smallest absolute Gasteiger partial charge is 0.328 e. The fraction of sp³-hybridized carbons (Fsp3) is 0.545. The van der Waals surface area contributed by atoms with Crippen molar-refractivity contribution >= 4 is 40.8 Å². The highest BCUT2D eigenvalue weighted by Gasteiger charge is 2.40. The number of likely N-dealkylation sites (tertiary alicyclic amines) is 2. The van der Waals surface area contributed by atoms with Crippen LogP contribution in [0, 0.1) is 11.3 Å². The van der Waals surface area contributed by atoms with Gasteiger partial charge in [0.15, 0.2) is 0 Å². The SMILES string of the molecule is Nc1ccc(C2CCN(CC3CCC4(CC3)CCN(C(=O)c3ccc(Cl)c(N5CCC(=O)NC5=O)c3)CC4)CC2)cc1. The number of nitrogen functional groups attached to an aromatic ring is 1. The minimum Gasteiger partial charge on any atom is -0.399 e. The molecule has 2 aromatic carbocycles. The number of benzene rings is 2. The number of hydrogen-bond acceptors (Lipinski definition) is 5. The Labute approximate surface area is 253 Å². The van der Waals surface area contributed by atoms with Crippen molar-refractivity contribution < 1.29 is 14.4 Å². The van der Waals surface area contributed by atoms with Gasteiger partial charge in [0.25, 0.3) is 5.91 Å². The van der Waals surface area contributed by atoms with Gasteiger partial charge in [0, 0.05) is 43.9 Å². The number of rotatable bonds is 5. The molecule has 1 saturated carbocycles. The number of piperidine rings is 2. The molecule has 0 bridgehead atoms. The molecule has 9 heteroatoms. The van der Waals surface area contributed by atoms with Crippen molar-refractivity contribution in [1.82, 2.24) is 15.1 Å². The maximum Gasteiger partial charge on any atom is 0.328 e. The molecule has 0 radical (unpaired) electrons. The first-order valence-corrected chi connectivity index (χ1v) is 15.9. The van der Waals surface area contributed by atoms with E-state index in [1.54, 1.807) is 18.2 Å². The molecule has 3 saturated heterocycles. The fourth-order valence-corrected chi connectivity index (χ4v) is 7.79. The Balaban J connectivity index is 0.971. The Morgan fingerprint density at radius 1 is 0.905 bits per heavy atom. The third-order valence-corrected chi connectivity index (χ3v) is 10.6. The van der Waals surface area contributed by atoms with E-state index in [1.807, 2.05) is 17.0 Å². The number of imide groups is 1. The monoisotopic (exact) mass is 591 g/mol. The van der Waals surface area contributed by atoms with Crippen LogP contribution < -0.4 is 16.0 Å². The van der Waals surface area contributed by atoms with E-state index in [9.17, 15) is 14.4 Å². The Bertz CT molecular complexity index is 1310. The van der Waals surface area contributed by atoms with E-state index in [2.05, 4.69) is 22.3 Å². The molecule has 1 aliphatic carbocycles. The molecule has 0 unspecified atom stereocenters. The van der Waals surface area contributed by atoms with Crippen LogP contribution in [0.4, 0.5) is 16.2 Å². The number of hydrogen-bond donors (Lipinski definition) is 2. The number of nitrogens with one attached hydrogen (secondary N) is 1. The maximum absolute atomic E-state index is 13.5. The third-order valence-electron chi connectivity index (χ3n) is 10.3. The molecule has 4 aliphatic rings. The number of amides is 4. The summed E-state index contributed by atoms with van der Waals surface area (Å²) < 4.78 is 0. The first-order valence-electron chi connectivity index (χ1n) is 15.6. The second kappa shape index (κ2) is 12.3. The predicted molar refractivity (Wildman–Crippen MR) is 166 cm³/mol. The summed E-state index contributed by atoms with van der Waals surface area (Å²) >= 11 is 6.39. The molecule has 1 spiro atoms. The van der Waals surface area contributed by atoms with Crippen molar-refractivity contribution in [2.45, 2.75) is 63.7 Å². The number of urea groups is 1. The normalized spacial score (nSPS) is 22.4. The van der Waals surface area contributed by atoms with E-state index in [0.717, 1.165) is 37.5 Å². The van der Waals surface area contributed by atoms with Gasteiger partial charge in [0.05, 0.1) is 10.7 Å². The minimum atomic E-state index is -0.504. The number of carbonyl (C=O) groups excluding carboxylic acids is 3. The number of nitrogens with zero attached hydrogens (tertiary/aromatic N) is 3. The van der Waals surface area contributed by atoms with Crippen LogP contribution in [0.1, 0.15) is 79.6 Å². The molecule has 0 atom stereocenters. The van der Waals surface area contributed by atoms with E-state index in [4.69, 9.17) is 17.3 Å². The van der Waals surface area contributed by atoms with Gasteiger partial charge >= 0.3 is 6.03 Å². The molecule has 4 amide bonds. The molecule has 2 aromatic rings. The van der Waals surface area contributed by atoms with Gasteiger partial charge in [0.2, 0.25) is 5.91 Å². The molecule has 224 valence electrons. The van der Waals surface area contributed by atoms with Crippen LogP contribution in [-0.2, 0) is 4.79 Å². The van der Waals surface area contributed by atoms with Crippen molar-refractivity contribution in [2.75, 3.05) is 49.9 Å². The molecule has 42 heavy (non-hydrogen) atoms. The highest BCUT2D eigenvalue weighted by Crippen LogP contribution is 2.47. The Morgan fingerprint density at radius 3 is 2.26 bits per heavy atom. The third kappa shape index (κ3) is 6.30. The van der Waals surface area contributed by atoms with Crippen LogP contribution in [0.15, 0.2) is 42.5 Å². The summed E-state index contributed by atoms with van der Waals surface area (Å²) in [5.74, 6) is 1.11. The van der Waals surface area contributed by atoms with Crippen molar-refractivity contribution in [2.24, 2.45) is 11.3 Å². The van der Waals surface area contributed by atoms with Crippen LogP contribution in [-0.4, -0.2) is 66.9 Å². The average molecular weight is 592 g/mol. The van der Waals surface area contributed by atoms with Crippen molar-refractivity contribution in [1.29, 1.82) is 0 Å². The van der Waals surface area contributed by atoms with E-state index in [1.165, 1.54) is 68.6 Å².